The lowest BCUT2D eigenvalue weighted by Crippen LogP contribution is -2.07. The second kappa shape index (κ2) is 2.62. The van der Waals surface area contributed by atoms with Crippen LogP contribution in [0.5, 0.6) is 0 Å². The predicted octanol–water partition coefficient (Wildman–Crippen LogP) is 3.20. The maximum atomic E-state index is 4.14. The zero-order chi connectivity index (χ0) is 7.78. The van der Waals surface area contributed by atoms with E-state index in [2.05, 4.69) is 47.1 Å². The van der Waals surface area contributed by atoms with Crippen molar-refractivity contribution >= 4 is 27.5 Å². The molecule has 1 aromatic heterocycles. The lowest BCUT2D eigenvalue weighted by atomic mass is 9.95. The average molecular weight is 220 g/mol. The van der Waals surface area contributed by atoms with E-state index < -0.39 is 0 Å². The summed E-state index contributed by atoms with van der Waals surface area (Å²) in [6, 6.07) is 2.07. The summed E-state index contributed by atoms with van der Waals surface area (Å²) >= 11 is 4.88. The highest BCUT2D eigenvalue weighted by Gasteiger charge is 2.16. The molecule has 0 saturated carbocycles. The first-order valence-corrected chi connectivity index (χ1v) is 4.69. The summed E-state index contributed by atoms with van der Waals surface area (Å²) in [6.07, 6.45) is 0. The van der Waals surface area contributed by atoms with Crippen LogP contribution in [-0.2, 0) is 5.41 Å². The summed E-state index contributed by atoms with van der Waals surface area (Å²) in [5.41, 5.74) is 0.240. The molecule has 0 unspecified atom stereocenters. The summed E-state index contributed by atoms with van der Waals surface area (Å²) < 4.78 is 5.09. The first kappa shape index (κ1) is 8.21. The Balaban J connectivity index is 2.96. The molecule has 10 heavy (non-hydrogen) atoms. The molecule has 0 fully saturated rings. The largest absolute Gasteiger partial charge is 0.185 e. The number of hydrogen-bond donors (Lipinski definition) is 0. The van der Waals surface area contributed by atoms with Crippen LogP contribution in [0, 0.1) is 0 Å². The first-order chi connectivity index (χ1) is 4.50. The van der Waals surface area contributed by atoms with E-state index in [1.54, 1.807) is 11.5 Å². The van der Waals surface area contributed by atoms with E-state index in [-0.39, 0.29) is 5.41 Å². The Kier molecular flexibility index (Phi) is 2.15. The fourth-order valence-corrected chi connectivity index (χ4v) is 1.88. The van der Waals surface area contributed by atoms with Gasteiger partial charge in [-0.15, -0.1) is 0 Å². The third-order valence-electron chi connectivity index (χ3n) is 1.22. The van der Waals surface area contributed by atoms with Crippen molar-refractivity contribution in [3.05, 3.63) is 15.5 Å². The molecule has 3 heteroatoms. The van der Waals surface area contributed by atoms with Crippen LogP contribution >= 0.6 is 27.5 Å². The van der Waals surface area contributed by atoms with Crippen LogP contribution in [-0.4, -0.2) is 4.37 Å². The summed E-state index contributed by atoms with van der Waals surface area (Å²) in [5.74, 6) is 0. The molecule has 0 amide bonds. The van der Waals surface area contributed by atoms with Crippen LogP contribution < -0.4 is 0 Å². The Labute approximate surface area is 73.8 Å². The van der Waals surface area contributed by atoms with Gasteiger partial charge >= 0.3 is 0 Å². The van der Waals surface area contributed by atoms with Crippen LogP contribution in [0.2, 0.25) is 0 Å². The highest BCUT2D eigenvalue weighted by atomic mass is 79.9. The standard InChI is InChI=1S/C7H10BrNS/c1-7(2,3)5-4-6(8)9-10-5/h4H,1-3H3. The van der Waals surface area contributed by atoms with Gasteiger partial charge in [0, 0.05) is 4.88 Å². The fraction of sp³-hybridized carbons (Fsp3) is 0.571. The van der Waals surface area contributed by atoms with Gasteiger partial charge in [0.25, 0.3) is 0 Å². The predicted molar refractivity (Wildman–Crippen MR) is 48.5 cm³/mol. The second-order valence-corrected chi connectivity index (χ2v) is 4.88. The fourth-order valence-electron chi connectivity index (χ4n) is 0.607. The summed E-state index contributed by atoms with van der Waals surface area (Å²) in [4.78, 5) is 1.32. The summed E-state index contributed by atoms with van der Waals surface area (Å²) in [5, 5.41) is 0. The van der Waals surface area contributed by atoms with Gasteiger partial charge in [0.2, 0.25) is 0 Å². The van der Waals surface area contributed by atoms with E-state index in [1.165, 1.54) is 4.88 Å². The van der Waals surface area contributed by atoms with Crippen LogP contribution in [0.4, 0.5) is 0 Å². The van der Waals surface area contributed by atoms with Crippen molar-refractivity contribution in [2.24, 2.45) is 0 Å². The summed E-state index contributed by atoms with van der Waals surface area (Å²) in [7, 11) is 0. The van der Waals surface area contributed by atoms with Gasteiger partial charge < -0.3 is 0 Å². The lowest BCUT2D eigenvalue weighted by molar-refractivity contribution is 0.604. The molecule has 1 aromatic rings. The lowest BCUT2D eigenvalue weighted by Gasteiger charge is -2.13. The Morgan fingerprint density at radius 1 is 1.50 bits per heavy atom. The van der Waals surface area contributed by atoms with Gasteiger partial charge in [0.15, 0.2) is 0 Å². The number of rotatable bonds is 0. The molecule has 0 spiro atoms. The van der Waals surface area contributed by atoms with Gasteiger partial charge in [-0.25, -0.2) is 0 Å². The monoisotopic (exact) mass is 219 g/mol. The molecule has 0 radical (unpaired) electrons. The molecule has 0 aromatic carbocycles. The van der Waals surface area contributed by atoms with Crippen LogP contribution in [0.15, 0.2) is 10.7 Å². The highest BCUT2D eigenvalue weighted by Crippen LogP contribution is 2.28. The highest BCUT2D eigenvalue weighted by molar-refractivity contribution is 9.10. The van der Waals surface area contributed by atoms with E-state index in [9.17, 15) is 0 Å². The topological polar surface area (TPSA) is 12.9 Å². The number of halogens is 1. The molecule has 0 aliphatic heterocycles. The second-order valence-electron chi connectivity index (χ2n) is 3.26. The Morgan fingerprint density at radius 3 is 2.30 bits per heavy atom. The van der Waals surface area contributed by atoms with E-state index in [0.29, 0.717) is 0 Å². The quantitative estimate of drug-likeness (QED) is 0.654. The molecular formula is C7H10BrNS. The van der Waals surface area contributed by atoms with Gasteiger partial charge in [-0.05, 0) is 38.9 Å². The summed E-state index contributed by atoms with van der Waals surface area (Å²) in [6.45, 7) is 6.56. The minimum atomic E-state index is 0.240. The van der Waals surface area contributed by atoms with Crippen LogP contribution in [0.1, 0.15) is 25.6 Å². The molecule has 56 valence electrons. The van der Waals surface area contributed by atoms with E-state index in [0.717, 1.165) is 4.60 Å². The number of hydrogen-bond acceptors (Lipinski definition) is 2. The van der Waals surface area contributed by atoms with Gasteiger partial charge in [-0.3, -0.25) is 0 Å². The minimum Gasteiger partial charge on any atom is -0.185 e. The maximum absolute atomic E-state index is 4.14. The molecule has 1 heterocycles. The Hall–Kier alpha value is 0.110. The third kappa shape index (κ3) is 1.80. The first-order valence-electron chi connectivity index (χ1n) is 3.13. The molecule has 0 saturated heterocycles. The molecular weight excluding hydrogens is 210 g/mol. The molecule has 0 N–H and O–H groups in total. The zero-order valence-electron chi connectivity index (χ0n) is 6.31. The SMILES string of the molecule is CC(C)(C)c1cc(Br)ns1. The average Bonchev–Trinajstić information content (AvgIpc) is 2.11. The number of nitrogens with zero attached hydrogens (tertiary/aromatic N) is 1. The van der Waals surface area contributed by atoms with E-state index in [4.69, 9.17) is 0 Å². The molecule has 0 aliphatic carbocycles. The molecule has 0 bridgehead atoms. The smallest absolute Gasteiger partial charge is 0.120 e. The van der Waals surface area contributed by atoms with Crippen molar-refractivity contribution in [1.82, 2.24) is 4.37 Å². The Bertz CT molecular complexity index is 224. The molecule has 1 nitrogen and oxygen atoms in total. The van der Waals surface area contributed by atoms with E-state index >= 15 is 0 Å². The molecule has 0 atom stereocenters. The van der Waals surface area contributed by atoms with E-state index in [1.807, 2.05) is 0 Å². The van der Waals surface area contributed by atoms with Crippen molar-refractivity contribution in [3.63, 3.8) is 0 Å². The molecule has 1 rings (SSSR count). The van der Waals surface area contributed by atoms with Gasteiger partial charge in [0.1, 0.15) is 4.60 Å². The molecule has 0 aliphatic rings. The van der Waals surface area contributed by atoms with Crippen molar-refractivity contribution < 1.29 is 0 Å². The van der Waals surface area contributed by atoms with Gasteiger partial charge in [-0.2, -0.15) is 4.37 Å². The maximum Gasteiger partial charge on any atom is 0.120 e. The zero-order valence-corrected chi connectivity index (χ0v) is 8.71. The number of aromatic nitrogens is 1. The minimum absolute atomic E-state index is 0.240. The van der Waals surface area contributed by atoms with Gasteiger partial charge in [-0.1, -0.05) is 20.8 Å². The van der Waals surface area contributed by atoms with Crippen molar-refractivity contribution in [3.8, 4) is 0 Å². The van der Waals surface area contributed by atoms with Crippen molar-refractivity contribution in [2.75, 3.05) is 0 Å². The van der Waals surface area contributed by atoms with Crippen molar-refractivity contribution in [1.29, 1.82) is 0 Å². The normalized spacial score (nSPS) is 12.0. The van der Waals surface area contributed by atoms with Crippen LogP contribution in [0.25, 0.3) is 0 Å². The van der Waals surface area contributed by atoms with Crippen LogP contribution in [0.3, 0.4) is 0 Å². The Morgan fingerprint density at radius 2 is 2.10 bits per heavy atom. The third-order valence-corrected chi connectivity index (χ3v) is 3.08. The van der Waals surface area contributed by atoms with Gasteiger partial charge in [0.05, 0.1) is 0 Å². The van der Waals surface area contributed by atoms with Crippen molar-refractivity contribution in [2.45, 2.75) is 26.2 Å².